The lowest BCUT2D eigenvalue weighted by atomic mass is 9.77. The molecule has 0 aliphatic heterocycles. The van der Waals surface area contributed by atoms with E-state index in [2.05, 4.69) is 6.92 Å². The summed E-state index contributed by atoms with van der Waals surface area (Å²) in [5, 5.41) is 0. The van der Waals surface area contributed by atoms with Gasteiger partial charge in [-0.1, -0.05) is 44.0 Å². The Hall–Kier alpha value is -3.28. The fraction of sp³-hybridized carbons (Fsp3) is 0.367. The van der Waals surface area contributed by atoms with Gasteiger partial charge in [0.05, 0.1) is 12.2 Å². The Kier molecular flexibility index (Phi) is 8.34. The summed E-state index contributed by atoms with van der Waals surface area (Å²) in [4.78, 5) is 12.4. The third kappa shape index (κ3) is 5.75. The molecule has 6 heteroatoms. The van der Waals surface area contributed by atoms with Crippen molar-refractivity contribution in [2.45, 2.75) is 58.3 Å². The number of rotatable bonds is 8. The van der Waals surface area contributed by atoms with Crippen molar-refractivity contribution in [1.29, 1.82) is 0 Å². The molecule has 0 bridgehead atoms. The molecular formula is C30H31F3O3. The molecule has 0 amide bonds. The van der Waals surface area contributed by atoms with E-state index in [1.807, 2.05) is 0 Å². The normalized spacial score (nSPS) is 17.6. The number of carbonyl (C=O) groups excluding carboxylic acids is 1. The Morgan fingerprint density at radius 1 is 0.889 bits per heavy atom. The third-order valence-corrected chi connectivity index (χ3v) is 6.94. The number of halogens is 3. The average molecular weight is 497 g/mol. The minimum absolute atomic E-state index is 0.0347. The summed E-state index contributed by atoms with van der Waals surface area (Å²) in [5.41, 5.74) is 1.12. The van der Waals surface area contributed by atoms with Gasteiger partial charge in [0.25, 0.3) is 0 Å². The monoisotopic (exact) mass is 496 g/mol. The van der Waals surface area contributed by atoms with Gasteiger partial charge in [-0.25, -0.2) is 18.0 Å². The molecule has 0 radical (unpaired) electrons. The van der Waals surface area contributed by atoms with Crippen LogP contribution in [0.5, 0.6) is 11.5 Å². The molecule has 3 aromatic rings. The molecular weight excluding hydrogens is 465 g/mol. The molecule has 0 spiro atoms. The van der Waals surface area contributed by atoms with Crippen molar-refractivity contribution in [3.8, 4) is 22.6 Å². The van der Waals surface area contributed by atoms with Crippen LogP contribution in [0, 0.1) is 23.4 Å². The lowest BCUT2D eigenvalue weighted by Crippen LogP contribution is -2.15. The number of benzene rings is 3. The van der Waals surface area contributed by atoms with Crippen molar-refractivity contribution in [2.75, 3.05) is 6.61 Å². The maximum atomic E-state index is 15.1. The zero-order valence-electron chi connectivity index (χ0n) is 20.7. The van der Waals surface area contributed by atoms with Gasteiger partial charge >= 0.3 is 5.97 Å². The van der Waals surface area contributed by atoms with Crippen molar-refractivity contribution in [3.63, 3.8) is 0 Å². The predicted molar refractivity (Wildman–Crippen MR) is 134 cm³/mol. The Morgan fingerprint density at radius 3 is 2.25 bits per heavy atom. The van der Waals surface area contributed by atoms with E-state index in [1.165, 1.54) is 30.7 Å². The molecule has 190 valence electrons. The fourth-order valence-corrected chi connectivity index (χ4v) is 5.04. The van der Waals surface area contributed by atoms with Gasteiger partial charge in [-0.15, -0.1) is 0 Å². The molecule has 4 rings (SSSR count). The topological polar surface area (TPSA) is 35.5 Å². The van der Waals surface area contributed by atoms with Crippen LogP contribution in [0.4, 0.5) is 13.2 Å². The number of ether oxygens (including phenoxy) is 2. The maximum Gasteiger partial charge on any atom is 0.343 e. The molecule has 0 aromatic heterocycles. The quantitative estimate of drug-likeness (QED) is 0.232. The van der Waals surface area contributed by atoms with Crippen molar-refractivity contribution in [3.05, 3.63) is 83.2 Å². The highest BCUT2D eigenvalue weighted by molar-refractivity contribution is 5.91. The zero-order valence-corrected chi connectivity index (χ0v) is 20.7. The molecule has 3 nitrogen and oxygen atoms in total. The molecule has 1 aliphatic rings. The molecule has 36 heavy (non-hydrogen) atoms. The Labute approximate surface area is 210 Å². The lowest BCUT2D eigenvalue weighted by molar-refractivity contribution is 0.0734. The first kappa shape index (κ1) is 25.8. The molecule has 3 aromatic carbocycles. The van der Waals surface area contributed by atoms with Crippen LogP contribution in [0.1, 0.15) is 74.2 Å². The molecule has 0 saturated heterocycles. The van der Waals surface area contributed by atoms with Gasteiger partial charge in [-0.05, 0) is 85.9 Å². The minimum Gasteiger partial charge on any atom is -0.491 e. The van der Waals surface area contributed by atoms with Crippen LogP contribution in [0.2, 0.25) is 0 Å². The van der Waals surface area contributed by atoms with Crippen LogP contribution in [0.15, 0.2) is 54.6 Å². The number of hydrogen-bond donors (Lipinski definition) is 0. The van der Waals surface area contributed by atoms with Crippen LogP contribution in [-0.4, -0.2) is 12.6 Å². The van der Waals surface area contributed by atoms with Crippen molar-refractivity contribution in [1.82, 2.24) is 0 Å². The van der Waals surface area contributed by atoms with E-state index in [0.29, 0.717) is 23.7 Å². The van der Waals surface area contributed by atoms with E-state index in [0.717, 1.165) is 38.2 Å². The fourth-order valence-electron chi connectivity index (χ4n) is 5.04. The molecule has 0 unspecified atom stereocenters. The van der Waals surface area contributed by atoms with Crippen molar-refractivity contribution in [2.24, 2.45) is 5.92 Å². The predicted octanol–water partition coefficient (Wildman–Crippen LogP) is 8.46. The first-order chi connectivity index (χ1) is 17.4. The highest BCUT2D eigenvalue weighted by Crippen LogP contribution is 2.40. The van der Waals surface area contributed by atoms with Gasteiger partial charge in [0, 0.05) is 5.56 Å². The van der Waals surface area contributed by atoms with E-state index in [9.17, 15) is 9.18 Å². The van der Waals surface area contributed by atoms with E-state index >= 15 is 8.78 Å². The largest absolute Gasteiger partial charge is 0.491 e. The van der Waals surface area contributed by atoms with Crippen LogP contribution in [-0.2, 0) is 0 Å². The van der Waals surface area contributed by atoms with Crippen LogP contribution >= 0.6 is 0 Å². The molecule has 0 N–H and O–H groups in total. The van der Waals surface area contributed by atoms with Gasteiger partial charge in [0.1, 0.15) is 5.75 Å². The molecule has 0 atom stereocenters. The Bertz CT molecular complexity index is 1200. The Morgan fingerprint density at radius 2 is 1.61 bits per heavy atom. The van der Waals surface area contributed by atoms with E-state index in [1.54, 1.807) is 31.2 Å². The summed E-state index contributed by atoms with van der Waals surface area (Å²) in [6.07, 6.45) is 6.25. The second kappa shape index (κ2) is 11.6. The standard InChI is InChI=1S/C30H31F3O3/c1-3-5-19-6-8-20(9-7-19)24-15-16-25(29(33)28(24)32)21-10-13-23(14-11-21)36-30(34)22-12-17-27(35-4-2)26(31)18-22/h10-20H,3-9H2,1-2H3. The lowest BCUT2D eigenvalue weighted by Gasteiger charge is -2.29. The molecule has 1 fully saturated rings. The summed E-state index contributed by atoms with van der Waals surface area (Å²) in [7, 11) is 0. The smallest absolute Gasteiger partial charge is 0.343 e. The van der Waals surface area contributed by atoms with Crippen LogP contribution in [0.25, 0.3) is 11.1 Å². The van der Waals surface area contributed by atoms with Crippen LogP contribution in [0.3, 0.4) is 0 Å². The second-order valence-electron chi connectivity index (χ2n) is 9.33. The number of esters is 1. The highest BCUT2D eigenvalue weighted by Gasteiger charge is 2.26. The van der Waals surface area contributed by atoms with Gasteiger partial charge in [-0.3, -0.25) is 0 Å². The first-order valence-electron chi connectivity index (χ1n) is 12.6. The summed E-state index contributed by atoms with van der Waals surface area (Å²) in [6.45, 7) is 4.22. The first-order valence-corrected chi connectivity index (χ1v) is 12.6. The van der Waals surface area contributed by atoms with E-state index < -0.39 is 23.4 Å². The Balaban J connectivity index is 1.44. The molecule has 1 saturated carbocycles. The van der Waals surface area contributed by atoms with Gasteiger partial charge in [-0.2, -0.15) is 0 Å². The maximum absolute atomic E-state index is 15.1. The summed E-state index contributed by atoms with van der Waals surface area (Å²) in [5.74, 6) is -2.02. The second-order valence-corrected chi connectivity index (χ2v) is 9.33. The van der Waals surface area contributed by atoms with Gasteiger partial charge in [0.2, 0.25) is 0 Å². The molecule has 0 heterocycles. The zero-order chi connectivity index (χ0) is 25.7. The average Bonchev–Trinajstić information content (AvgIpc) is 2.88. The minimum atomic E-state index is -0.863. The number of hydrogen-bond acceptors (Lipinski definition) is 3. The number of carbonyl (C=O) groups is 1. The van der Waals surface area contributed by atoms with E-state index in [4.69, 9.17) is 9.47 Å². The van der Waals surface area contributed by atoms with Gasteiger partial charge in [0.15, 0.2) is 23.2 Å². The summed E-state index contributed by atoms with van der Waals surface area (Å²) in [6, 6.07) is 13.3. The SMILES string of the molecule is CCCC1CCC(c2ccc(-c3ccc(OC(=O)c4ccc(OCC)c(F)c4)cc3)c(F)c2F)CC1. The van der Waals surface area contributed by atoms with Crippen molar-refractivity contribution < 1.29 is 27.4 Å². The van der Waals surface area contributed by atoms with Crippen molar-refractivity contribution >= 4 is 5.97 Å². The third-order valence-electron chi connectivity index (χ3n) is 6.94. The summed E-state index contributed by atoms with van der Waals surface area (Å²) >= 11 is 0. The van der Waals surface area contributed by atoms with Gasteiger partial charge < -0.3 is 9.47 Å². The summed E-state index contributed by atoms with van der Waals surface area (Å²) < 4.78 is 54.6. The van der Waals surface area contributed by atoms with E-state index in [-0.39, 0.29) is 28.5 Å². The highest BCUT2D eigenvalue weighted by atomic mass is 19.2. The molecule has 1 aliphatic carbocycles. The van der Waals surface area contributed by atoms with Crippen LogP contribution < -0.4 is 9.47 Å².